The zero-order valence-electron chi connectivity index (χ0n) is 12.0. The van der Waals surface area contributed by atoms with E-state index >= 15 is 0 Å². The first kappa shape index (κ1) is 18.2. The van der Waals surface area contributed by atoms with Crippen molar-refractivity contribution in [3.8, 4) is 0 Å². The topological polar surface area (TPSA) is 55.8 Å². The molecule has 0 amide bonds. The smallest absolute Gasteiger partial charge is 0.373 e. The van der Waals surface area contributed by atoms with E-state index in [0.29, 0.717) is 0 Å². The molecule has 21 heavy (non-hydrogen) atoms. The second kappa shape index (κ2) is 6.48. The molecule has 4 nitrogen and oxygen atoms in total. The number of aliphatic hydroxyl groups is 1. The largest absolute Gasteiger partial charge is 0.416 e. The average Bonchev–Trinajstić information content (AvgIpc) is 2.38. The highest BCUT2D eigenvalue weighted by molar-refractivity contribution is 7.54. The maximum Gasteiger partial charge on any atom is 0.416 e. The van der Waals surface area contributed by atoms with Gasteiger partial charge in [0.25, 0.3) is 0 Å². The molecule has 1 aromatic carbocycles. The normalized spacial score (nSPS) is 15.8. The predicted octanol–water partition coefficient (Wildman–Crippen LogP) is 4.14. The summed E-state index contributed by atoms with van der Waals surface area (Å²) in [6.45, 7) is 4.20. The van der Waals surface area contributed by atoms with Crippen LogP contribution in [0.15, 0.2) is 24.3 Å². The third kappa shape index (κ3) is 3.86. The number of alkyl halides is 3. The summed E-state index contributed by atoms with van der Waals surface area (Å²) in [7, 11) is -4.03. The van der Waals surface area contributed by atoms with Gasteiger partial charge in [-0.25, -0.2) is 0 Å². The van der Waals surface area contributed by atoms with E-state index in [1.54, 1.807) is 13.8 Å². The highest BCUT2D eigenvalue weighted by Gasteiger charge is 2.48. The van der Waals surface area contributed by atoms with E-state index in [0.717, 1.165) is 25.1 Å². The van der Waals surface area contributed by atoms with Gasteiger partial charge in [-0.05, 0) is 38.5 Å². The van der Waals surface area contributed by atoms with Crippen LogP contribution >= 0.6 is 7.60 Å². The maximum atomic E-state index is 12.7. The molecule has 0 fully saturated rings. The molecule has 1 atom stereocenters. The van der Waals surface area contributed by atoms with Gasteiger partial charge < -0.3 is 14.2 Å². The number of rotatable bonds is 6. The Bertz CT molecular complexity index is 518. The van der Waals surface area contributed by atoms with Crippen LogP contribution in [0.25, 0.3) is 0 Å². The van der Waals surface area contributed by atoms with Gasteiger partial charge in [-0.2, -0.15) is 13.2 Å². The summed E-state index contributed by atoms with van der Waals surface area (Å²) in [6, 6.07) is 3.99. The summed E-state index contributed by atoms with van der Waals surface area (Å²) in [5, 5.41) is 8.30. The van der Waals surface area contributed by atoms with Crippen molar-refractivity contribution in [2.75, 3.05) is 13.2 Å². The van der Waals surface area contributed by atoms with E-state index in [9.17, 15) is 22.8 Å². The molecule has 120 valence electrons. The molecule has 1 aromatic rings. The van der Waals surface area contributed by atoms with E-state index in [-0.39, 0.29) is 18.8 Å². The molecule has 0 aromatic heterocycles. The number of halogens is 3. The van der Waals surface area contributed by atoms with Crippen molar-refractivity contribution in [2.45, 2.75) is 32.3 Å². The molecule has 1 N–H and O–H groups in total. The molecule has 0 spiro atoms. The molecule has 1 rings (SSSR count). The van der Waals surface area contributed by atoms with Gasteiger partial charge >= 0.3 is 13.8 Å². The fourth-order valence-electron chi connectivity index (χ4n) is 1.78. The monoisotopic (exact) mass is 326 g/mol. The first-order chi connectivity index (χ1) is 9.58. The fourth-order valence-corrected chi connectivity index (χ4v) is 3.49. The molecule has 0 bridgehead atoms. The maximum absolute atomic E-state index is 12.7. The van der Waals surface area contributed by atoms with Crippen LogP contribution < -0.4 is 0 Å². The van der Waals surface area contributed by atoms with Crippen LogP contribution in [-0.4, -0.2) is 18.3 Å². The summed E-state index contributed by atoms with van der Waals surface area (Å²) in [6.07, 6.45) is -4.56. The minimum atomic E-state index is -4.56. The van der Waals surface area contributed by atoms with E-state index in [1.807, 2.05) is 0 Å². The second-order valence-corrected chi connectivity index (χ2v) is 6.81. The lowest BCUT2D eigenvalue weighted by atomic mass is 10.1. The van der Waals surface area contributed by atoms with E-state index in [2.05, 4.69) is 0 Å². The van der Waals surface area contributed by atoms with Crippen LogP contribution in [0.2, 0.25) is 0 Å². The lowest BCUT2D eigenvalue weighted by Crippen LogP contribution is -2.25. The summed E-state index contributed by atoms with van der Waals surface area (Å²) < 4.78 is 60.9. The van der Waals surface area contributed by atoms with Crippen LogP contribution in [-0.2, 0) is 25.1 Å². The third-order valence-electron chi connectivity index (χ3n) is 2.87. The minimum absolute atomic E-state index is 0.00755. The summed E-state index contributed by atoms with van der Waals surface area (Å²) in [5.41, 5.74) is -1.12. The van der Waals surface area contributed by atoms with Gasteiger partial charge in [0.05, 0.1) is 18.8 Å². The quantitative estimate of drug-likeness (QED) is 0.799. The predicted molar refractivity (Wildman–Crippen MR) is 71.9 cm³/mol. The molecule has 0 radical (unpaired) electrons. The molecule has 0 aliphatic rings. The van der Waals surface area contributed by atoms with Crippen molar-refractivity contribution < 1.29 is 31.9 Å². The van der Waals surface area contributed by atoms with Crippen LogP contribution in [0.5, 0.6) is 0 Å². The van der Waals surface area contributed by atoms with Crippen molar-refractivity contribution in [2.24, 2.45) is 0 Å². The van der Waals surface area contributed by atoms with Gasteiger partial charge in [0.15, 0.2) is 5.34 Å². The molecule has 0 aliphatic heterocycles. The Morgan fingerprint density at radius 1 is 1.14 bits per heavy atom. The minimum Gasteiger partial charge on any atom is -0.373 e. The van der Waals surface area contributed by atoms with Crippen LogP contribution in [0.4, 0.5) is 13.2 Å². The van der Waals surface area contributed by atoms with Crippen molar-refractivity contribution in [1.29, 1.82) is 0 Å². The lowest BCUT2D eigenvalue weighted by molar-refractivity contribution is -0.137. The van der Waals surface area contributed by atoms with Gasteiger partial charge in [-0.1, -0.05) is 12.1 Å². The Morgan fingerprint density at radius 3 is 2.05 bits per heavy atom. The Kier molecular flexibility index (Phi) is 5.61. The van der Waals surface area contributed by atoms with E-state index in [1.165, 1.54) is 6.07 Å². The van der Waals surface area contributed by atoms with Crippen molar-refractivity contribution in [1.82, 2.24) is 0 Å². The van der Waals surface area contributed by atoms with Gasteiger partial charge in [0, 0.05) is 0 Å². The fraction of sp³-hybridized carbons (Fsp3) is 0.538. The van der Waals surface area contributed by atoms with E-state index < -0.39 is 24.7 Å². The average molecular weight is 326 g/mol. The van der Waals surface area contributed by atoms with Crippen LogP contribution in [0.3, 0.4) is 0 Å². The van der Waals surface area contributed by atoms with Gasteiger partial charge in [-0.3, -0.25) is 4.57 Å². The lowest BCUT2D eigenvalue weighted by Gasteiger charge is -2.32. The van der Waals surface area contributed by atoms with Crippen LogP contribution in [0, 0.1) is 0 Å². The first-order valence-corrected chi connectivity index (χ1v) is 7.92. The molecule has 0 heterocycles. The molecule has 0 saturated carbocycles. The summed E-state index contributed by atoms with van der Waals surface area (Å²) >= 11 is 0. The van der Waals surface area contributed by atoms with Crippen molar-refractivity contribution >= 4 is 7.60 Å². The number of hydrogen-bond donors (Lipinski definition) is 1. The van der Waals surface area contributed by atoms with E-state index in [4.69, 9.17) is 9.05 Å². The van der Waals surface area contributed by atoms with Gasteiger partial charge in [0.2, 0.25) is 0 Å². The molecule has 8 heteroatoms. The highest BCUT2D eigenvalue weighted by atomic mass is 31.2. The summed E-state index contributed by atoms with van der Waals surface area (Å²) in [5.74, 6) is 0. The van der Waals surface area contributed by atoms with Gasteiger partial charge in [-0.15, -0.1) is 0 Å². The van der Waals surface area contributed by atoms with Crippen molar-refractivity contribution in [3.05, 3.63) is 35.4 Å². The highest BCUT2D eigenvalue weighted by Crippen LogP contribution is 2.63. The summed E-state index contributed by atoms with van der Waals surface area (Å²) in [4.78, 5) is 0. The third-order valence-corrected chi connectivity index (χ3v) is 5.39. The second-order valence-electron chi connectivity index (χ2n) is 4.43. The molecule has 1 unspecified atom stereocenters. The SMILES string of the molecule is CCOP(=O)(OCC)C(C)(O)c1cccc(C(F)(F)F)c1. The van der Waals surface area contributed by atoms with Crippen LogP contribution in [0.1, 0.15) is 31.9 Å². The Balaban J connectivity index is 3.31. The number of benzene rings is 1. The van der Waals surface area contributed by atoms with Crippen molar-refractivity contribution in [3.63, 3.8) is 0 Å². The molecule has 0 aliphatic carbocycles. The molecular weight excluding hydrogens is 308 g/mol. The standard InChI is InChI=1S/C13H18F3O4P/c1-4-19-21(18,20-5-2)12(3,17)10-7-6-8-11(9-10)13(14,15)16/h6-9,17H,4-5H2,1-3H3. The molecule has 0 saturated heterocycles. The zero-order valence-corrected chi connectivity index (χ0v) is 12.9. The number of hydrogen-bond acceptors (Lipinski definition) is 4. The van der Waals surface area contributed by atoms with Gasteiger partial charge in [0.1, 0.15) is 0 Å². The zero-order chi connectivity index (χ0) is 16.3. The Morgan fingerprint density at radius 2 is 1.62 bits per heavy atom. The Hall–Kier alpha value is -0.880. The Labute approximate surface area is 121 Å². The molecular formula is C13H18F3O4P. The first-order valence-electron chi connectivity index (χ1n) is 6.37.